The molecule has 0 aliphatic rings. The van der Waals surface area contributed by atoms with Crippen LogP contribution in [0.2, 0.25) is 0 Å². The van der Waals surface area contributed by atoms with Gasteiger partial charge in [-0.3, -0.25) is 4.79 Å². The van der Waals surface area contributed by atoms with Crippen molar-refractivity contribution in [1.29, 1.82) is 0 Å². The van der Waals surface area contributed by atoms with Crippen LogP contribution in [0.4, 0.5) is 0 Å². The minimum absolute atomic E-state index is 0.370. The van der Waals surface area contributed by atoms with Crippen LogP contribution in [0.5, 0.6) is 17.2 Å². The van der Waals surface area contributed by atoms with Gasteiger partial charge in [-0.15, -0.1) is 0 Å². The minimum Gasteiger partial charge on any atom is -0.497 e. The average Bonchev–Trinajstić information content (AvgIpc) is 2.47. The first-order chi connectivity index (χ1) is 10.1. The number of halogens is 1. The molecule has 0 aliphatic heterocycles. The van der Waals surface area contributed by atoms with Crippen LogP contribution in [0.1, 0.15) is 12.5 Å². The predicted molar refractivity (Wildman–Crippen MR) is 82.8 cm³/mol. The van der Waals surface area contributed by atoms with E-state index >= 15 is 0 Å². The Morgan fingerprint density at radius 3 is 2.43 bits per heavy atom. The van der Waals surface area contributed by atoms with Gasteiger partial charge in [0.05, 0.1) is 7.11 Å². The highest BCUT2D eigenvalue weighted by Crippen LogP contribution is 2.31. The fourth-order valence-corrected chi connectivity index (χ4v) is 2.06. The fourth-order valence-electron chi connectivity index (χ4n) is 1.72. The summed E-state index contributed by atoms with van der Waals surface area (Å²) in [4.78, 5) is 11.1. The average molecular weight is 351 g/mol. The zero-order chi connectivity index (χ0) is 15.2. The van der Waals surface area contributed by atoms with Crippen LogP contribution in [0.15, 0.2) is 46.9 Å². The summed E-state index contributed by atoms with van der Waals surface area (Å²) in [6.07, 6.45) is 0. The number of esters is 1. The molecule has 0 amide bonds. The number of benzene rings is 2. The van der Waals surface area contributed by atoms with Crippen LogP contribution in [0.25, 0.3) is 0 Å². The number of carbonyl (C=O) groups is 1. The van der Waals surface area contributed by atoms with Gasteiger partial charge in [0.1, 0.15) is 12.4 Å². The summed E-state index contributed by atoms with van der Waals surface area (Å²) in [5.74, 6) is 1.32. The first-order valence-electron chi connectivity index (χ1n) is 6.32. The third-order valence-corrected chi connectivity index (χ3v) is 3.21. The van der Waals surface area contributed by atoms with Crippen molar-refractivity contribution in [3.05, 3.63) is 52.5 Å². The van der Waals surface area contributed by atoms with Crippen molar-refractivity contribution >= 4 is 21.9 Å². The van der Waals surface area contributed by atoms with Crippen LogP contribution in [-0.4, -0.2) is 13.1 Å². The zero-order valence-electron chi connectivity index (χ0n) is 11.8. The molecular weight excluding hydrogens is 336 g/mol. The Bertz CT molecular complexity index is 623. The molecule has 5 heteroatoms. The number of carbonyl (C=O) groups excluding carboxylic acids is 1. The summed E-state index contributed by atoms with van der Waals surface area (Å²) in [6.45, 7) is 1.73. The van der Waals surface area contributed by atoms with E-state index in [0.29, 0.717) is 18.1 Å². The Kier molecular flexibility index (Phi) is 5.22. The van der Waals surface area contributed by atoms with E-state index in [2.05, 4.69) is 15.9 Å². The molecule has 0 atom stereocenters. The first-order valence-corrected chi connectivity index (χ1v) is 7.11. The Morgan fingerprint density at radius 2 is 1.81 bits per heavy atom. The molecule has 4 nitrogen and oxygen atoms in total. The molecule has 0 saturated heterocycles. The molecule has 2 aromatic rings. The van der Waals surface area contributed by atoms with Crippen molar-refractivity contribution in [2.75, 3.05) is 7.11 Å². The maximum absolute atomic E-state index is 11.1. The third-order valence-electron chi connectivity index (χ3n) is 2.71. The molecule has 0 bridgehead atoms. The van der Waals surface area contributed by atoms with Gasteiger partial charge in [-0.2, -0.15) is 0 Å². The van der Waals surface area contributed by atoms with E-state index in [-0.39, 0.29) is 5.97 Å². The molecule has 0 unspecified atom stereocenters. The maximum Gasteiger partial charge on any atom is 0.308 e. The second-order valence-electron chi connectivity index (χ2n) is 4.32. The van der Waals surface area contributed by atoms with Gasteiger partial charge in [0.15, 0.2) is 11.5 Å². The molecule has 0 heterocycles. The summed E-state index contributed by atoms with van der Waals surface area (Å²) in [5, 5.41) is 0. The van der Waals surface area contributed by atoms with Crippen LogP contribution < -0.4 is 14.2 Å². The molecule has 0 saturated carbocycles. The summed E-state index contributed by atoms with van der Waals surface area (Å²) >= 11 is 3.37. The molecule has 2 aromatic carbocycles. The molecule has 0 radical (unpaired) electrons. The summed E-state index contributed by atoms with van der Waals surface area (Å²) in [6, 6.07) is 12.8. The van der Waals surface area contributed by atoms with Crippen molar-refractivity contribution in [3.8, 4) is 17.2 Å². The van der Waals surface area contributed by atoms with E-state index in [1.54, 1.807) is 25.3 Å². The van der Waals surface area contributed by atoms with Crippen molar-refractivity contribution in [1.82, 2.24) is 0 Å². The molecule has 0 spiro atoms. The van der Waals surface area contributed by atoms with Gasteiger partial charge in [-0.05, 0) is 35.9 Å². The normalized spacial score (nSPS) is 10.0. The molecule has 110 valence electrons. The summed E-state index contributed by atoms with van der Waals surface area (Å²) in [5.41, 5.74) is 0.990. The largest absolute Gasteiger partial charge is 0.497 e. The highest BCUT2D eigenvalue weighted by Gasteiger charge is 2.09. The number of hydrogen-bond acceptors (Lipinski definition) is 4. The maximum atomic E-state index is 11.1. The molecule has 0 N–H and O–H groups in total. The molecule has 21 heavy (non-hydrogen) atoms. The lowest BCUT2D eigenvalue weighted by atomic mass is 10.2. The lowest BCUT2D eigenvalue weighted by Gasteiger charge is -2.11. The molecule has 0 fully saturated rings. The lowest BCUT2D eigenvalue weighted by Crippen LogP contribution is -2.04. The Morgan fingerprint density at radius 1 is 1.10 bits per heavy atom. The number of methoxy groups -OCH3 is 1. The van der Waals surface area contributed by atoms with Crippen molar-refractivity contribution in [3.63, 3.8) is 0 Å². The van der Waals surface area contributed by atoms with Gasteiger partial charge in [0.25, 0.3) is 0 Å². The quantitative estimate of drug-likeness (QED) is 0.604. The van der Waals surface area contributed by atoms with Crippen LogP contribution in [0.3, 0.4) is 0 Å². The Hall–Kier alpha value is -2.01. The van der Waals surface area contributed by atoms with Gasteiger partial charge in [-0.1, -0.05) is 28.1 Å². The number of hydrogen-bond donors (Lipinski definition) is 0. The molecule has 0 aromatic heterocycles. The van der Waals surface area contributed by atoms with Gasteiger partial charge in [-0.25, -0.2) is 0 Å². The van der Waals surface area contributed by atoms with Gasteiger partial charge in [0, 0.05) is 11.4 Å². The highest BCUT2D eigenvalue weighted by atomic mass is 79.9. The van der Waals surface area contributed by atoms with Gasteiger partial charge in [0.2, 0.25) is 0 Å². The lowest BCUT2D eigenvalue weighted by molar-refractivity contribution is -0.132. The van der Waals surface area contributed by atoms with E-state index in [4.69, 9.17) is 14.2 Å². The molecular formula is C16H15BrO4. The number of ether oxygens (including phenoxy) is 3. The zero-order valence-corrected chi connectivity index (χ0v) is 13.3. The van der Waals surface area contributed by atoms with Crippen LogP contribution >= 0.6 is 15.9 Å². The van der Waals surface area contributed by atoms with E-state index in [0.717, 1.165) is 15.8 Å². The van der Waals surface area contributed by atoms with Crippen molar-refractivity contribution < 1.29 is 19.0 Å². The van der Waals surface area contributed by atoms with Gasteiger partial charge < -0.3 is 14.2 Å². The van der Waals surface area contributed by atoms with Crippen molar-refractivity contribution in [2.24, 2.45) is 0 Å². The number of rotatable bonds is 5. The van der Waals surface area contributed by atoms with Crippen LogP contribution in [0, 0.1) is 0 Å². The standard InChI is InChI=1S/C16H15BrO4/c1-11(18)21-15-8-5-13(17)9-16(15)20-10-12-3-6-14(19-2)7-4-12/h3-9H,10H2,1-2H3. The second kappa shape index (κ2) is 7.13. The summed E-state index contributed by atoms with van der Waals surface area (Å²) < 4.78 is 16.8. The fraction of sp³-hybridized carbons (Fsp3) is 0.188. The second-order valence-corrected chi connectivity index (χ2v) is 5.24. The topological polar surface area (TPSA) is 44.8 Å². The van der Waals surface area contributed by atoms with E-state index in [1.807, 2.05) is 24.3 Å². The predicted octanol–water partition coefficient (Wildman–Crippen LogP) is 3.96. The van der Waals surface area contributed by atoms with E-state index in [9.17, 15) is 4.79 Å². The van der Waals surface area contributed by atoms with E-state index < -0.39 is 0 Å². The molecule has 0 aliphatic carbocycles. The van der Waals surface area contributed by atoms with E-state index in [1.165, 1.54) is 6.92 Å². The monoisotopic (exact) mass is 350 g/mol. The van der Waals surface area contributed by atoms with Gasteiger partial charge >= 0.3 is 5.97 Å². The molecule has 2 rings (SSSR count). The minimum atomic E-state index is -0.383. The summed E-state index contributed by atoms with van der Waals surface area (Å²) in [7, 11) is 1.62. The van der Waals surface area contributed by atoms with Crippen molar-refractivity contribution in [2.45, 2.75) is 13.5 Å². The smallest absolute Gasteiger partial charge is 0.308 e. The highest BCUT2D eigenvalue weighted by molar-refractivity contribution is 9.10. The first kappa shape index (κ1) is 15.4. The van der Waals surface area contributed by atoms with Crippen LogP contribution in [-0.2, 0) is 11.4 Å². The Balaban J connectivity index is 2.10. The Labute approximate surface area is 131 Å². The third kappa shape index (κ3) is 4.49. The SMILES string of the molecule is COc1ccc(COc2cc(Br)ccc2OC(C)=O)cc1.